The van der Waals surface area contributed by atoms with Crippen molar-refractivity contribution in [3.05, 3.63) is 94.5 Å². The van der Waals surface area contributed by atoms with Crippen LogP contribution in [0.5, 0.6) is 0 Å². The van der Waals surface area contributed by atoms with Gasteiger partial charge >= 0.3 is 0 Å². The topological polar surface area (TPSA) is 54.3 Å². The van der Waals surface area contributed by atoms with E-state index in [-0.39, 0.29) is 11.3 Å². The summed E-state index contributed by atoms with van der Waals surface area (Å²) in [5.41, 5.74) is 5.20. The average Bonchev–Trinajstić information content (AvgIpc) is 3.46. The zero-order valence-electron chi connectivity index (χ0n) is 24.7. The van der Waals surface area contributed by atoms with E-state index in [0.29, 0.717) is 28.8 Å². The highest BCUT2D eigenvalue weighted by atomic mass is 35.5. The molecule has 0 radical (unpaired) electrons. The summed E-state index contributed by atoms with van der Waals surface area (Å²) in [5.74, 6) is 1.14. The second-order valence-electron chi connectivity index (χ2n) is 12.7. The van der Waals surface area contributed by atoms with Crippen molar-refractivity contribution in [2.24, 2.45) is 0 Å². The first-order valence-electron chi connectivity index (χ1n) is 15.6. The number of carbonyl (C=O) groups is 1. The van der Waals surface area contributed by atoms with E-state index >= 15 is 0 Å². The van der Waals surface area contributed by atoms with E-state index in [1.165, 1.54) is 36.8 Å². The summed E-state index contributed by atoms with van der Waals surface area (Å²) < 4.78 is 2.52. The molecule has 0 saturated carbocycles. The molecule has 3 fully saturated rings. The van der Waals surface area contributed by atoms with Crippen LogP contribution in [0.3, 0.4) is 0 Å². The predicted octanol–water partition coefficient (Wildman–Crippen LogP) is 7.13. The van der Waals surface area contributed by atoms with Crippen LogP contribution in [0.15, 0.2) is 66.7 Å². The van der Waals surface area contributed by atoms with Crippen LogP contribution in [0.1, 0.15) is 78.4 Å². The maximum absolute atomic E-state index is 13.4. The minimum Gasteiger partial charge on any atom is -0.338 e. The fourth-order valence-corrected chi connectivity index (χ4v) is 8.53. The highest BCUT2D eigenvalue weighted by molar-refractivity contribution is 6.32. The van der Waals surface area contributed by atoms with Crippen LogP contribution in [-0.2, 0) is 5.41 Å². The molecule has 1 amide bonds. The van der Waals surface area contributed by atoms with Crippen LogP contribution in [0.2, 0.25) is 5.15 Å². The lowest BCUT2D eigenvalue weighted by molar-refractivity contribution is 0.0607. The molecule has 3 atom stereocenters. The lowest BCUT2D eigenvalue weighted by atomic mass is 9.70. The van der Waals surface area contributed by atoms with Crippen LogP contribution < -0.4 is 0 Å². The first-order chi connectivity index (χ1) is 20.4. The van der Waals surface area contributed by atoms with E-state index in [2.05, 4.69) is 76.0 Å². The number of likely N-dealkylation sites (tertiary alicyclic amines) is 1. The first-order valence-corrected chi connectivity index (χ1v) is 16.0. The molecule has 218 valence electrons. The summed E-state index contributed by atoms with van der Waals surface area (Å²) in [6, 6.07) is 25.1. The molecule has 5 heterocycles. The molecule has 0 N–H and O–H groups in total. The molecule has 3 aliphatic heterocycles. The third kappa shape index (κ3) is 4.92. The van der Waals surface area contributed by atoms with E-state index in [1.54, 1.807) is 0 Å². The number of hydrogen-bond donors (Lipinski definition) is 0. The minimum atomic E-state index is -0.00315. The van der Waals surface area contributed by atoms with Gasteiger partial charge in [-0.25, -0.2) is 9.97 Å². The molecular formula is C35H40ClN5O. The smallest absolute Gasteiger partial charge is 0.256 e. The highest BCUT2D eigenvalue weighted by Crippen LogP contribution is 2.45. The number of piperidine rings is 2. The molecule has 7 heteroatoms. The average molecular weight is 582 g/mol. The van der Waals surface area contributed by atoms with Crippen molar-refractivity contribution in [1.82, 2.24) is 24.3 Å². The Morgan fingerprint density at radius 1 is 0.881 bits per heavy atom. The Kier molecular flexibility index (Phi) is 7.31. The summed E-state index contributed by atoms with van der Waals surface area (Å²) in [5, 5.41) is 0.303. The van der Waals surface area contributed by atoms with Crippen LogP contribution in [0, 0.1) is 13.8 Å². The Bertz CT molecular complexity index is 1580. The Labute approximate surface area is 253 Å². The zero-order valence-corrected chi connectivity index (χ0v) is 25.4. The number of fused-ring (bicyclic) bond motifs is 3. The number of hydrogen-bond acceptors (Lipinski definition) is 4. The summed E-state index contributed by atoms with van der Waals surface area (Å²) >= 11 is 6.38. The summed E-state index contributed by atoms with van der Waals surface area (Å²) in [7, 11) is 0. The van der Waals surface area contributed by atoms with Crippen molar-refractivity contribution in [2.45, 2.75) is 82.3 Å². The Morgan fingerprint density at radius 2 is 1.57 bits per heavy atom. The van der Waals surface area contributed by atoms with E-state index in [9.17, 15) is 4.79 Å². The standard InChI is InChI=1S/C35H40ClN5O/c1-24-12-15-30(33(36)37-24)34(42)39-19-16-35(17-20-39,26-8-4-3-5-9-26)18-21-40-27-13-14-28(40)23-29(22-27)41-25(2)38-31-10-6-7-11-32(31)41/h3-12,15,27-29H,13-14,16-23H2,1-2H3/t27-,28?,29?/m0/s1. The second-order valence-corrected chi connectivity index (χ2v) is 13.1. The normalized spacial score (nSPS) is 23.9. The molecule has 2 aromatic heterocycles. The SMILES string of the molecule is Cc1ccc(C(=O)N2CCC(CCN3C4CC[C@H]3CC(n3c(C)nc5ccccc53)C4)(c3ccccc3)CC2)c(Cl)n1. The number of halogens is 1. The van der Waals surface area contributed by atoms with Gasteiger partial charge in [-0.3, -0.25) is 9.69 Å². The van der Waals surface area contributed by atoms with E-state index in [4.69, 9.17) is 16.6 Å². The van der Waals surface area contributed by atoms with Crippen molar-refractivity contribution in [3.63, 3.8) is 0 Å². The number of benzene rings is 2. The largest absolute Gasteiger partial charge is 0.338 e. The van der Waals surface area contributed by atoms with Crippen LogP contribution in [0.25, 0.3) is 11.0 Å². The monoisotopic (exact) mass is 581 g/mol. The number of aromatic nitrogens is 3. The number of imidazole rings is 1. The molecule has 3 saturated heterocycles. The van der Waals surface area contributed by atoms with Gasteiger partial charge < -0.3 is 9.47 Å². The van der Waals surface area contributed by atoms with Crippen molar-refractivity contribution in [3.8, 4) is 0 Å². The van der Waals surface area contributed by atoms with Gasteiger partial charge in [0.1, 0.15) is 11.0 Å². The maximum Gasteiger partial charge on any atom is 0.256 e. The number of rotatable bonds is 6. The van der Waals surface area contributed by atoms with Crippen molar-refractivity contribution < 1.29 is 4.79 Å². The molecule has 3 aliphatic rings. The fourth-order valence-electron chi connectivity index (χ4n) is 8.26. The quantitative estimate of drug-likeness (QED) is 0.227. The van der Waals surface area contributed by atoms with Crippen molar-refractivity contribution in [2.75, 3.05) is 19.6 Å². The van der Waals surface area contributed by atoms with Gasteiger partial charge in [-0.05, 0) is 101 Å². The second kappa shape index (κ2) is 11.1. The zero-order chi connectivity index (χ0) is 28.8. The van der Waals surface area contributed by atoms with E-state index < -0.39 is 0 Å². The third-order valence-corrected chi connectivity index (χ3v) is 10.7. The number of nitrogens with zero attached hydrogens (tertiary/aromatic N) is 5. The van der Waals surface area contributed by atoms with Crippen molar-refractivity contribution in [1.29, 1.82) is 0 Å². The van der Waals surface area contributed by atoms with Crippen LogP contribution >= 0.6 is 11.6 Å². The fraction of sp³-hybridized carbons (Fsp3) is 0.457. The van der Waals surface area contributed by atoms with Crippen molar-refractivity contribution >= 4 is 28.5 Å². The molecule has 6 nitrogen and oxygen atoms in total. The van der Waals surface area contributed by atoms with Gasteiger partial charge in [0.05, 0.1) is 16.6 Å². The number of amides is 1. The van der Waals surface area contributed by atoms with E-state index in [1.807, 2.05) is 24.0 Å². The Morgan fingerprint density at radius 3 is 2.29 bits per heavy atom. The number of para-hydroxylation sites is 2. The van der Waals surface area contributed by atoms with Gasteiger partial charge in [-0.15, -0.1) is 0 Å². The molecule has 0 aliphatic carbocycles. The Hall–Kier alpha value is -3.22. The number of aryl methyl sites for hydroxylation is 2. The summed E-state index contributed by atoms with van der Waals surface area (Å²) in [6.07, 6.45) is 8.03. The Balaban J connectivity index is 1.06. The van der Waals surface area contributed by atoms with Gasteiger partial charge in [0.25, 0.3) is 5.91 Å². The molecule has 0 spiro atoms. The molecule has 2 unspecified atom stereocenters. The highest BCUT2D eigenvalue weighted by Gasteiger charge is 2.44. The van der Waals surface area contributed by atoms with Gasteiger partial charge in [0, 0.05) is 36.9 Å². The minimum absolute atomic E-state index is 0.00315. The lowest BCUT2D eigenvalue weighted by Crippen LogP contribution is -2.49. The van der Waals surface area contributed by atoms with Gasteiger partial charge in [-0.2, -0.15) is 0 Å². The molecular weight excluding hydrogens is 542 g/mol. The number of pyridine rings is 1. The molecule has 2 bridgehead atoms. The summed E-state index contributed by atoms with van der Waals surface area (Å²) in [6.45, 7) is 6.64. The van der Waals surface area contributed by atoms with Crippen LogP contribution in [-0.4, -0.2) is 62.0 Å². The predicted molar refractivity (Wildman–Crippen MR) is 168 cm³/mol. The number of carbonyl (C=O) groups excluding carboxylic acids is 1. The van der Waals surface area contributed by atoms with Gasteiger partial charge in [0.15, 0.2) is 0 Å². The maximum atomic E-state index is 13.4. The third-order valence-electron chi connectivity index (χ3n) is 10.5. The van der Waals surface area contributed by atoms with Gasteiger partial charge in [-0.1, -0.05) is 54.1 Å². The molecule has 42 heavy (non-hydrogen) atoms. The van der Waals surface area contributed by atoms with E-state index in [0.717, 1.165) is 55.9 Å². The van der Waals surface area contributed by atoms with Gasteiger partial charge in [0.2, 0.25) is 0 Å². The summed E-state index contributed by atoms with van der Waals surface area (Å²) in [4.78, 5) is 27.4. The molecule has 2 aromatic carbocycles. The molecule has 7 rings (SSSR count). The lowest BCUT2D eigenvalue weighted by Gasteiger charge is -2.45. The first kappa shape index (κ1) is 27.6. The van der Waals surface area contributed by atoms with Crippen LogP contribution in [0.4, 0.5) is 0 Å². The molecule has 4 aromatic rings.